The van der Waals surface area contributed by atoms with Crippen LogP contribution in [-0.2, 0) is 6.18 Å². The molecule has 1 N–H and O–H groups in total. The predicted molar refractivity (Wildman–Crippen MR) is 74.3 cm³/mol. The fraction of sp³-hybridized carbons (Fsp3) is 0.250. The molecule has 0 heterocycles. The number of hydrogen-bond donors (Lipinski definition) is 1. The summed E-state index contributed by atoms with van der Waals surface area (Å²) < 4.78 is 43.3. The molecule has 0 spiro atoms. The molecule has 2 nitrogen and oxygen atoms in total. The molecule has 5 heteroatoms. The van der Waals surface area contributed by atoms with E-state index < -0.39 is 11.7 Å². The maximum Gasteiger partial charge on any atom is 0.416 e. The molecule has 0 aliphatic heterocycles. The van der Waals surface area contributed by atoms with E-state index in [-0.39, 0.29) is 11.9 Å². The van der Waals surface area contributed by atoms with Gasteiger partial charge in [-0.05, 0) is 43.7 Å². The van der Waals surface area contributed by atoms with Crippen molar-refractivity contribution in [1.29, 1.82) is 0 Å². The van der Waals surface area contributed by atoms with Gasteiger partial charge in [-0.2, -0.15) is 13.2 Å². The number of halogens is 3. The summed E-state index contributed by atoms with van der Waals surface area (Å²) in [5.41, 5.74) is 0.533. The van der Waals surface area contributed by atoms with E-state index in [1.165, 1.54) is 24.3 Å². The summed E-state index contributed by atoms with van der Waals surface area (Å²) in [7, 11) is 0. The Morgan fingerprint density at radius 2 is 1.62 bits per heavy atom. The van der Waals surface area contributed by atoms with Crippen LogP contribution in [0.3, 0.4) is 0 Å². The number of phenolic OH excluding ortho intramolecular Hbond substituents is 1. The smallest absolute Gasteiger partial charge is 0.416 e. The van der Waals surface area contributed by atoms with Gasteiger partial charge in [-0.1, -0.05) is 12.1 Å². The van der Waals surface area contributed by atoms with Gasteiger partial charge >= 0.3 is 6.18 Å². The third-order valence-corrected chi connectivity index (χ3v) is 2.85. The largest absolute Gasteiger partial charge is 0.508 e. The van der Waals surface area contributed by atoms with Gasteiger partial charge in [0.15, 0.2) is 0 Å². The van der Waals surface area contributed by atoms with Crippen molar-refractivity contribution in [1.82, 2.24) is 0 Å². The van der Waals surface area contributed by atoms with E-state index in [0.29, 0.717) is 16.9 Å². The van der Waals surface area contributed by atoms with Crippen LogP contribution >= 0.6 is 0 Å². The Labute approximate surface area is 120 Å². The average molecular weight is 296 g/mol. The van der Waals surface area contributed by atoms with Gasteiger partial charge in [0.2, 0.25) is 0 Å². The highest BCUT2D eigenvalue weighted by Crippen LogP contribution is 2.36. The highest BCUT2D eigenvalue weighted by Gasteiger charge is 2.30. The lowest BCUT2D eigenvalue weighted by Gasteiger charge is -2.15. The molecule has 2 aromatic carbocycles. The Kier molecular flexibility index (Phi) is 4.11. The van der Waals surface area contributed by atoms with E-state index in [0.717, 1.165) is 12.1 Å². The molecule has 0 amide bonds. The van der Waals surface area contributed by atoms with Crippen LogP contribution in [0.5, 0.6) is 11.5 Å². The Morgan fingerprint density at radius 3 is 2.14 bits per heavy atom. The third kappa shape index (κ3) is 3.68. The summed E-state index contributed by atoms with van der Waals surface area (Å²) in [4.78, 5) is 0. The zero-order valence-electron chi connectivity index (χ0n) is 11.6. The molecule has 0 saturated heterocycles. The first-order valence-electron chi connectivity index (χ1n) is 6.44. The van der Waals surface area contributed by atoms with Crippen molar-refractivity contribution in [2.24, 2.45) is 0 Å². The van der Waals surface area contributed by atoms with E-state index in [4.69, 9.17) is 4.74 Å². The van der Waals surface area contributed by atoms with E-state index >= 15 is 0 Å². The third-order valence-electron chi connectivity index (χ3n) is 2.85. The summed E-state index contributed by atoms with van der Waals surface area (Å²) >= 11 is 0. The molecule has 2 aromatic rings. The molecule has 0 radical (unpaired) electrons. The van der Waals surface area contributed by atoms with Crippen LogP contribution in [0.4, 0.5) is 13.2 Å². The van der Waals surface area contributed by atoms with E-state index in [1.54, 1.807) is 6.07 Å². The fourth-order valence-electron chi connectivity index (χ4n) is 1.94. The van der Waals surface area contributed by atoms with Crippen LogP contribution in [-0.4, -0.2) is 11.2 Å². The van der Waals surface area contributed by atoms with Crippen LogP contribution in [0.1, 0.15) is 19.4 Å². The minimum absolute atomic E-state index is 0.0429. The molecule has 0 fully saturated rings. The van der Waals surface area contributed by atoms with Crippen LogP contribution in [0, 0.1) is 0 Å². The Bertz CT molecular complexity index is 616. The number of phenols is 1. The highest BCUT2D eigenvalue weighted by molar-refractivity contribution is 5.71. The molecule has 0 aliphatic carbocycles. The number of alkyl halides is 3. The highest BCUT2D eigenvalue weighted by atomic mass is 19.4. The summed E-state index contributed by atoms with van der Waals surface area (Å²) in [5.74, 6) is 0.478. The lowest BCUT2D eigenvalue weighted by atomic mass is 10.0. The van der Waals surface area contributed by atoms with Crippen molar-refractivity contribution in [3.05, 3.63) is 48.0 Å². The zero-order chi connectivity index (χ0) is 15.6. The Balaban J connectivity index is 2.42. The SMILES string of the molecule is CC(C)Oc1cc(O)ccc1-c1ccc(C(F)(F)F)cc1. The first-order valence-corrected chi connectivity index (χ1v) is 6.44. The van der Waals surface area contributed by atoms with E-state index in [2.05, 4.69) is 0 Å². The van der Waals surface area contributed by atoms with Crippen molar-refractivity contribution < 1.29 is 23.0 Å². The molecular weight excluding hydrogens is 281 g/mol. The fourth-order valence-corrected chi connectivity index (χ4v) is 1.94. The predicted octanol–water partition coefficient (Wildman–Crippen LogP) is 4.87. The van der Waals surface area contributed by atoms with Gasteiger partial charge in [-0.15, -0.1) is 0 Å². The topological polar surface area (TPSA) is 29.5 Å². The van der Waals surface area contributed by atoms with Crippen LogP contribution in [0.25, 0.3) is 11.1 Å². The van der Waals surface area contributed by atoms with Crippen molar-refractivity contribution in [2.75, 3.05) is 0 Å². The van der Waals surface area contributed by atoms with Crippen molar-refractivity contribution in [3.63, 3.8) is 0 Å². The van der Waals surface area contributed by atoms with E-state index in [1.807, 2.05) is 13.8 Å². The van der Waals surface area contributed by atoms with Gasteiger partial charge in [0, 0.05) is 11.6 Å². The molecule has 21 heavy (non-hydrogen) atoms. The van der Waals surface area contributed by atoms with Crippen LogP contribution in [0.15, 0.2) is 42.5 Å². The summed E-state index contributed by atoms with van der Waals surface area (Å²) in [6.45, 7) is 3.67. The lowest BCUT2D eigenvalue weighted by Crippen LogP contribution is -2.06. The van der Waals surface area contributed by atoms with E-state index in [9.17, 15) is 18.3 Å². The Hall–Kier alpha value is -2.17. The van der Waals surface area contributed by atoms with Gasteiger partial charge in [0.05, 0.1) is 11.7 Å². The van der Waals surface area contributed by atoms with Crippen LogP contribution < -0.4 is 4.74 Å². The van der Waals surface area contributed by atoms with Gasteiger partial charge in [0.25, 0.3) is 0 Å². The maximum atomic E-state index is 12.6. The standard InChI is InChI=1S/C16H15F3O2/c1-10(2)21-15-9-13(20)7-8-14(15)11-3-5-12(6-4-11)16(17,18)19/h3-10,20H,1-2H3. The second kappa shape index (κ2) is 5.68. The van der Waals surface area contributed by atoms with Gasteiger partial charge in [0.1, 0.15) is 11.5 Å². The minimum Gasteiger partial charge on any atom is -0.508 e. The first-order chi connectivity index (χ1) is 9.77. The quantitative estimate of drug-likeness (QED) is 0.876. The van der Waals surface area contributed by atoms with Crippen molar-refractivity contribution in [3.8, 4) is 22.6 Å². The molecule has 0 bridgehead atoms. The number of aromatic hydroxyl groups is 1. The molecule has 0 saturated carbocycles. The average Bonchev–Trinajstić information content (AvgIpc) is 2.37. The van der Waals surface area contributed by atoms with Gasteiger partial charge < -0.3 is 9.84 Å². The molecule has 2 rings (SSSR count). The van der Waals surface area contributed by atoms with Gasteiger partial charge in [-0.25, -0.2) is 0 Å². The normalized spacial score (nSPS) is 11.7. The Morgan fingerprint density at radius 1 is 1.00 bits per heavy atom. The second-order valence-electron chi connectivity index (χ2n) is 4.92. The number of ether oxygens (including phenoxy) is 1. The number of benzene rings is 2. The lowest BCUT2D eigenvalue weighted by molar-refractivity contribution is -0.137. The zero-order valence-corrected chi connectivity index (χ0v) is 11.6. The molecule has 0 aliphatic rings. The summed E-state index contributed by atoms with van der Waals surface area (Å²) in [6.07, 6.45) is -4.47. The molecule has 0 atom stereocenters. The number of hydrogen-bond acceptors (Lipinski definition) is 2. The summed E-state index contributed by atoms with van der Waals surface area (Å²) in [6, 6.07) is 9.39. The molecule has 0 unspecified atom stereocenters. The van der Waals surface area contributed by atoms with Gasteiger partial charge in [-0.3, -0.25) is 0 Å². The van der Waals surface area contributed by atoms with Crippen molar-refractivity contribution in [2.45, 2.75) is 26.1 Å². The maximum absolute atomic E-state index is 12.6. The van der Waals surface area contributed by atoms with Crippen LogP contribution in [0.2, 0.25) is 0 Å². The van der Waals surface area contributed by atoms with Crippen molar-refractivity contribution >= 4 is 0 Å². The first kappa shape index (κ1) is 15.2. The molecular formula is C16H15F3O2. The second-order valence-corrected chi connectivity index (χ2v) is 4.92. The monoisotopic (exact) mass is 296 g/mol. The number of rotatable bonds is 3. The molecule has 0 aromatic heterocycles. The summed E-state index contributed by atoms with van der Waals surface area (Å²) in [5, 5.41) is 9.52. The minimum atomic E-state index is -4.36. The molecule has 112 valence electrons.